The summed E-state index contributed by atoms with van der Waals surface area (Å²) >= 11 is 0. The fourth-order valence-corrected chi connectivity index (χ4v) is 3.73. The van der Waals surface area contributed by atoms with E-state index in [1.807, 2.05) is 36.9 Å². The maximum Gasteiger partial charge on any atom is 0.192 e. The molecule has 2 atom stereocenters. The Kier molecular flexibility index (Phi) is 6.24. The summed E-state index contributed by atoms with van der Waals surface area (Å²) in [6.45, 7) is 5.93. The van der Waals surface area contributed by atoms with E-state index >= 15 is 0 Å². The van der Waals surface area contributed by atoms with Crippen LogP contribution >= 0.6 is 0 Å². The molecule has 4 rings (SSSR count). The van der Waals surface area contributed by atoms with Crippen LogP contribution in [0.25, 0.3) is 0 Å². The van der Waals surface area contributed by atoms with Gasteiger partial charge in [-0.05, 0) is 38.3 Å². The first-order chi connectivity index (χ1) is 14.2. The van der Waals surface area contributed by atoms with Crippen LogP contribution in [0.2, 0.25) is 0 Å². The fourth-order valence-electron chi connectivity index (χ4n) is 3.73. The Bertz CT molecular complexity index is 815. The highest BCUT2D eigenvalue weighted by Crippen LogP contribution is 2.17. The standard InChI is InChI=1S/C20H30N8O/c1-15-25-26-19(27(15)2)13-23-20(22-12-17-6-5-11-29-17)24-16-8-10-28(14-16)18-7-3-4-9-21-18/h3-4,7,9,16-17H,5-6,8,10-14H2,1-2H3,(H2,22,23,24). The number of rotatable bonds is 6. The number of hydrogen-bond donors (Lipinski definition) is 2. The van der Waals surface area contributed by atoms with Crippen molar-refractivity contribution >= 4 is 11.8 Å². The number of aromatic nitrogens is 4. The first-order valence-corrected chi connectivity index (χ1v) is 10.4. The van der Waals surface area contributed by atoms with E-state index in [0.717, 1.165) is 68.9 Å². The van der Waals surface area contributed by atoms with Gasteiger partial charge in [0.25, 0.3) is 0 Å². The summed E-state index contributed by atoms with van der Waals surface area (Å²) in [6, 6.07) is 6.35. The number of anilines is 1. The van der Waals surface area contributed by atoms with E-state index in [1.54, 1.807) is 0 Å². The summed E-state index contributed by atoms with van der Waals surface area (Å²) in [5, 5.41) is 15.4. The number of pyridine rings is 1. The minimum absolute atomic E-state index is 0.257. The van der Waals surface area contributed by atoms with Crippen molar-refractivity contribution in [1.29, 1.82) is 0 Å². The van der Waals surface area contributed by atoms with E-state index in [1.165, 1.54) is 0 Å². The highest BCUT2D eigenvalue weighted by molar-refractivity contribution is 5.80. The molecule has 0 radical (unpaired) electrons. The molecule has 0 amide bonds. The summed E-state index contributed by atoms with van der Waals surface area (Å²) in [6.07, 6.45) is 5.37. The number of nitrogens with zero attached hydrogens (tertiary/aromatic N) is 6. The SMILES string of the molecule is Cc1nnc(CN=C(NCC2CCCO2)NC2CCN(c3ccccn3)C2)n1C. The van der Waals surface area contributed by atoms with Crippen molar-refractivity contribution in [2.24, 2.45) is 12.0 Å². The largest absolute Gasteiger partial charge is 0.376 e. The molecule has 2 aromatic heterocycles. The predicted octanol–water partition coefficient (Wildman–Crippen LogP) is 1.01. The smallest absolute Gasteiger partial charge is 0.192 e. The summed E-state index contributed by atoms with van der Waals surface area (Å²) in [5.74, 6) is 3.56. The van der Waals surface area contributed by atoms with Crippen LogP contribution in [0.1, 0.15) is 30.9 Å². The molecule has 2 aliphatic rings. The second kappa shape index (κ2) is 9.21. The average molecular weight is 399 g/mol. The van der Waals surface area contributed by atoms with E-state index in [0.29, 0.717) is 12.6 Å². The Morgan fingerprint density at radius 3 is 2.97 bits per heavy atom. The van der Waals surface area contributed by atoms with Gasteiger partial charge < -0.3 is 24.8 Å². The van der Waals surface area contributed by atoms with Gasteiger partial charge in [0.15, 0.2) is 11.8 Å². The highest BCUT2D eigenvalue weighted by atomic mass is 16.5. The summed E-state index contributed by atoms with van der Waals surface area (Å²) < 4.78 is 7.72. The molecule has 2 saturated heterocycles. The van der Waals surface area contributed by atoms with Crippen LogP contribution in [-0.4, -0.2) is 64.1 Å². The molecule has 156 valence electrons. The number of nitrogens with one attached hydrogen (secondary N) is 2. The minimum atomic E-state index is 0.257. The molecule has 0 aromatic carbocycles. The van der Waals surface area contributed by atoms with Crippen molar-refractivity contribution < 1.29 is 4.74 Å². The molecule has 0 bridgehead atoms. The first kappa shape index (κ1) is 19.6. The van der Waals surface area contributed by atoms with Crippen molar-refractivity contribution in [2.45, 2.75) is 44.9 Å². The monoisotopic (exact) mass is 398 g/mol. The van der Waals surface area contributed by atoms with Gasteiger partial charge in [0, 0.05) is 45.5 Å². The van der Waals surface area contributed by atoms with Crippen LogP contribution in [-0.2, 0) is 18.3 Å². The van der Waals surface area contributed by atoms with Crippen molar-refractivity contribution in [3.63, 3.8) is 0 Å². The molecule has 2 fully saturated rings. The van der Waals surface area contributed by atoms with E-state index < -0.39 is 0 Å². The third-order valence-electron chi connectivity index (χ3n) is 5.58. The van der Waals surface area contributed by atoms with Crippen molar-refractivity contribution in [1.82, 2.24) is 30.4 Å². The fraction of sp³-hybridized carbons (Fsp3) is 0.600. The Morgan fingerprint density at radius 1 is 1.31 bits per heavy atom. The van der Waals surface area contributed by atoms with Crippen molar-refractivity contribution in [3.8, 4) is 0 Å². The third kappa shape index (κ3) is 5.03. The lowest BCUT2D eigenvalue weighted by Gasteiger charge is -2.20. The zero-order valence-corrected chi connectivity index (χ0v) is 17.2. The van der Waals surface area contributed by atoms with E-state index in [9.17, 15) is 0 Å². The number of hydrogen-bond acceptors (Lipinski definition) is 6. The molecular weight excluding hydrogens is 368 g/mol. The van der Waals surface area contributed by atoms with Crippen LogP contribution < -0.4 is 15.5 Å². The average Bonchev–Trinajstić information content (AvgIpc) is 3.49. The van der Waals surface area contributed by atoms with Crippen molar-refractivity contribution in [3.05, 3.63) is 36.0 Å². The van der Waals surface area contributed by atoms with Crippen LogP contribution in [0.5, 0.6) is 0 Å². The van der Waals surface area contributed by atoms with Gasteiger partial charge in [-0.25, -0.2) is 9.98 Å². The summed E-state index contributed by atoms with van der Waals surface area (Å²) in [7, 11) is 1.97. The Labute approximate surface area is 171 Å². The predicted molar refractivity (Wildman–Crippen MR) is 112 cm³/mol. The number of aliphatic imine (C=N–C) groups is 1. The van der Waals surface area contributed by atoms with Gasteiger partial charge in [0.1, 0.15) is 18.2 Å². The molecule has 2 aromatic rings. The summed E-state index contributed by atoms with van der Waals surface area (Å²) in [5.41, 5.74) is 0. The van der Waals surface area contributed by atoms with Crippen LogP contribution in [0.4, 0.5) is 5.82 Å². The number of aryl methyl sites for hydroxylation is 1. The number of guanidine groups is 1. The second-order valence-corrected chi connectivity index (χ2v) is 7.67. The Morgan fingerprint density at radius 2 is 2.24 bits per heavy atom. The Balaban J connectivity index is 1.39. The zero-order chi connectivity index (χ0) is 20.1. The molecular formula is C20H30N8O. The molecule has 9 nitrogen and oxygen atoms in total. The molecule has 0 spiro atoms. The molecule has 9 heteroatoms. The lowest BCUT2D eigenvalue weighted by Crippen LogP contribution is -2.46. The van der Waals surface area contributed by atoms with E-state index in [4.69, 9.17) is 9.73 Å². The van der Waals surface area contributed by atoms with Gasteiger partial charge in [-0.3, -0.25) is 0 Å². The molecule has 0 saturated carbocycles. The topological polar surface area (TPSA) is 92.5 Å². The van der Waals surface area contributed by atoms with Gasteiger partial charge in [0.2, 0.25) is 0 Å². The Hall–Kier alpha value is -2.68. The van der Waals surface area contributed by atoms with Gasteiger partial charge >= 0.3 is 0 Å². The minimum Gasteiger partial charge on any atom is -0.376 e. The molecule has 2 aliphatic heterocycles. The maximum absolute atomic E-state index is 5.75. The molecule has 29 heavy (non-hydrogen) atoms. The highest BCUT2D eigenvalue weighted by Gasteiger charge is 2.24. The quantitative estimate of drug-likeness (QED) is 0.554. The van der Waals surface area contributed by atoms with Gasteiger partial charge in [-0.15, -0.1) is 10.2 Å². The molecule has 2 N–H and O–H groups in total. The third-order valence-corrected chi connectivity index (χ3v) is 5.58. The van der Waals surface area contributed by atoms with Crippen molar-refractivity contribution in [2.75, 3.05) is 31.1 Å². The lowest BCUT2D eigenvalue weighted by atomic mass is 10.2. The lowest BCUT2D eigenvalue weighted by molar-refractivity contribution is 0.113. The van der Waals surface area contributed by atoms with Gasteiger partial charge in [-0.2, -0.15) is 0 Å². The van der Waals surface area contributed by atoms with Gasteiger partial charge in [0.05, 0.1) is 6.10 Å². The molecule has 0 aliphatic carbocycles. The second-order valence-electron chi connectivity index (χ2n) is 7.67. The van der Waals surface area contributed by atoms with Crippen LogP contribution in [0, 0.1) is 6.92 Å². The molecule has 2 unspecified atom stereocenters. The normalized spacial score (nSPS) is 22.3. The zero-order valence-electron chi connectivity index (χ0n) is 17.2. The maximum atomic E-state index is 5.75. The van der Waals surface area contributed by atoms with E-state index in [-0.39, 0.29) is 6.10 Å². The summed E-state index contributed by atoms with van der Waals surface area (Å²) in [4.78, 5) is 11.5. The number of ether oxygens (including phenoxy) is 1. The van der Waals surface area contributed by atoms with Crippen LogP contribution in [0.3, 0.4) is 0 Å². The molecule has 4 heterocycles. The first-order valence-electron chi connectivity index (χ1n) is 10.4. The van der Waals surface area contributed by atoms with Gasteiger partial charge in [-0.1, -0.05) is 6.07 Å². The van der Waals surface area contributed by atoms with E-state index in [2.05, 4.69) is 36.8 Å². The van der Waals surface area contributed by atoms with Crippen LogP contribution in [0.15, 0.2) is 29.4 Å².